The highest BCUT2D eigenvalue weighted by atomic mass is 16.7. The van der Waals surface area contributed by atoms with E-state index in [0.29, 0.717) is 17.5 Å². The van der Waals surface area contributed by atoms with Crippen LogP contribution in [0.3, 0.4) is 0 Å². The van der Waals surface area contributed by atoms with E-state index in [1.165, 1.54) is 25.1 Å². The number of aliphatic hydroxyl groups is 3. The molecule has 14 heteroatoms. The number of Topliss-reactive ketones (excluding diaryl/α,β-unsaturated/α-hetero) is 2. The molecule has 4 atom stereocenters. The number of phenolic OH excluding ortho intramolecular Hbond substituents is 1. The van der Waals surface area contributed by atoms with Crippen LogP contribution in [0.5, 0.6) is 5.75 Å². The van der Waals surface area contributed by atoms with Crippen LogP contribution in [-0.2, 0) is 35.2 Å². The van der Waals surface area contributed by atoms with Crippen molar-refractivity contribution in [2.24, 2.45) is 17.6 Å². The number of ketones is 2. The number of aldehydes is 1. The molecule has 1 aromatic carbocycles. The summed E-state index contributed by atoms with van der Waals surface area (Å²) in [5.41, 5.74) is 1.78. The molecule has 0 saturated heterocycles. The maximum absolute atomic E-state index is 14.1. The summed E-state index contributed by atoms with van der Waals surface area (Å²) in [7, 11) is 6.41. The first kappa shape index (κ1) is 30.7. The molecule has 0 aliphatic heterocycles. The number of hydroxylamine groups is 1. The number of nitrogens with zero attached hydrogens (tertiary/aromatic N) is 3. The van der Waals surface area contributed by atoms with Crippen LogP contribution in [0.15, 0.2) is 23.0 Å². The van der Waals surface area contributed by atoms with Crippen molar-refractivity contribution in [2.75, 3.05) is 44.8 Å². The van der Waals surface area contributed by atoms with E-state index in [2.05, 4.69) is 0 Å². The molecule has 42 heavy (non-hydrogen) atoms. The van der Waals surface area contributed by atoms with Gasteiger partial charge in [-0.3, -0.25) is 28.9 Å². The third-order valence-corrected chi connectivity index (χ3v) is 8.12. The van der Waals surface area contributed by atoms with Gasteiger partial charge in [-0.1, -0.05) is 0 Å². The lowest BCUT2D eigenvalue weighted by atomic mass is 9.57. The van der Waals surface area contributed by atoms with E-state index in [9.17, 15) is 44.4 Å². The number of carbonyl (C=O) groups is 5. The van der Waals surface area contributed by atoms with Gasteiger partial charge in [0.15, 0.2) is 17.1 Å². The van der Waals surface area contributed by atoms with Gasteiger partial charge in [0.2, 0.25) is 5.78 Å². The van der Waals surface area contributed by atoms with E-state index in [-0.39, 0.29) is 36.3 Å². The highest BCUT2D eigenvalue weighted by Crippen LogP contribution is 2.55. The number of carbonyl (C=O) groups excluding carboxylic acids is 5. The lowest BCUT2D eigenvalue weighted by Crippen LogP contribution is -2.65. The molecule has 6 N–H and O–H groups in total. The number of nitrogens with two attached hydrogens (primary N) is 1. The van der Waals surface area contributed by atoms with E-state index < -0.39 is 76.1 Å². The van der Waals surface area contributed by atoms with Gasteiger partial charge in [-0.2, -0.15) is 5.06 Å². The number of likely N-dealkylation sites (N-methyl/N-ethyl adjacent to an activating group) is 1. The van der Waals surface area contributed by atoms with Gasteiger partial charge in [-0.05, 0) is 51.4 Å². The number of fused-ring (bicyclic) bond motifs is 3. The summed E-state index contributed by atoms with van der Waals surface area (Å²) in [6.07, 6.45) is -0.193. The topological polar surface area (TPSA) is 211 Å². The minimum Gasteiger partial charge on any atom is -0.508 e. The molecule has 3 aliphatic carbocycles. The van der Waals surface area contributed by atoms with Crippen molar-refractivity contribution in [3.63, 3.8) is 0 Å². The number of rotatable bonds is 8. The van der Waals surface area contributed by atoms with Gasteiger partial charge < -0.3 is 35.9 Å². The Bertz CT molecular complexity index is 1460. The Balaban J connectivity index is 2.01. The van der Waals surface area contributed by atoms with Crippen LogP contribution in [0.1, 0.15) is 30.9 Å². The first-order valence-electron chi connectivity index (χ1n) is 13.2. The summed E-state index contributed by atoms with van der Waals surface area (Å²) in [6.45, 7) is 1.57. The molecular weight excluding hydrogens is 552 g/mol. The second kappa shape index (κ2) is 10.9. The van der Waals surface area contributed by atoms with Crippen molar-refractivity contribution in [3.8, 4) is 5.75 Å². The van der Waals surface area contributed by atoms with Crippen LogP contribution in [0.2, 0.25) is 0 Å². The molecule has 0 spiro atoms. The number of benzene rings is 1. The maximum Gasteiger partial charge on any atom is 0.258 e. The normalized spacial score (nSPS) is 25.2. The van der Waals surface area contributed by atoms with Gasteiger partial charge in [-0.25, -0.2) is 0 Å². The van der Waals surface area contributed by atoms with E-state index in [1.807, 2.05) is 0 Å². The Kier molecular flexibility index (Phi) is 7.93. The third-order valence-electron chi connectivity index (χ3n) is 8.12. The van der Waals surface area contributed by atoms with Gasteiger partial charge >= 0.3 is 0 Å². The average molecular weight is 587 g/mol. The summed E-state index contributed by atoms with van der Waals surface area (Å²) in [5, 5.41) is 46.5. The molecular formula is C28H34N4O10. The first-order chi connectivity index (χ1) is 19.6. The maximum atomic E-state index is 14.1. The van der Waals surface area contributed by atoms with Crippen LogP contribution in [0.25, 0.3) is 5.76 Å². The summed E-state index contributed by atoms with van der Waals surface area (Å²) in [6, 6.07) is 0.252. The Labute approximate surface area is 241 Å². The number of aromatic hydroxyl groups is 1. The summed E-state index contributed by atoms with van der Waals surface area (Å²) < 4.78 is 0. The third kappa shape index (κ3) is 4.33. The molecule has 0 radical (unpaired) electrons. The van der Waals surface area contributed by atoms with Crippen molar-refractivity contribution in [2.45, 2.75) is 37.8 Å². The SMILES string of the molecule is CCON(C(=O)CC=O)c1cc(N(C)C)c2c(c1O)C(O)=C1C(=O)C3(O)C(O)=C(C(N)=O)C(=O)[C@@H](N(C)C)C3CC1C2. The monoisotopic (exact) mass is 586 g/mol. The highest BCUT2D eigenvalue weighted by Gasteiger charge is 2.64. The predicted octanol–water partition coefficient (Wildman–Crippen LogP) is -0.0965. The van der Waals surface area contributed by atoms with Crippen LogP contribution in [0, 0.1) is 11.8 Å². The van der Waals surface area contributed by atoms with Gasteiger partial charge in [0.25, 0.3) is 11.8 Å². The molecule has 2 amide bonds. The Morgan fingerprint density at radius 3 is 2.31 bits per heavy atom. The number of hydrogen-bond donors (Lipinski definition) is 5. The fourth-order valence-corrected chi connectivity index (χ4v) is 6.39. The van der Waals surface area contributed by atoms with Crippen molar-refractivity contribution in [3.05, 3.63) is 34.1 Å². The molecule has 0 bridgehead atoms. The fourth-order valence-electron chi connectivity index (χ4n) is 6.39. The summed E-state index contributed by atoms with van der Waals surface area (Å²) >= 11 is 0. The molecule has 0 aromatic heterocycles. The van der Waals surface area contributed by atoms with E-state index in [0.717, 1.165) is 5.06 Å². The Morgan fingerprint density at radius 2 is 1.79 bits per heavy atom. The highest BCUT2D eigenvalue weighted by molar-refractivity contribution is 6.24. The Hall–Kier alpha value is -4.27. The summed E-state index contributed by atoms with van der Waals surface area (Å²) in [5.74, 6) is -8.62. The van der Waals surface area contributed by atoms with Crippen LogP contribution < -0.4 is 15.7 Å². The zero-order valence-corrected chi connectivity index (χ0v) is 23.9. The van der Waals surface area contributed by atoms with E-state index in [1.54, 1.807) is 25.9 Å². The molecule has 1 aromatic rings. The van der Waals surface area contributed by atoms with Crippen molar-refractivity contribution >= 4 is 46.8 Å². The fraction of sp³-hybridized carbons (Fsp3) is 0.464. The minimum atomic E-state index is -2.78. The molecule has 1 saturated carbocycles. The molecule has 3 aliphatic rings. The van der Waals surface area contributed by atoms with Crippen LogP contribution >= 0.6 is 0 Å². The predicted molar refractivity (Wildman–Crippen MR) is 148 cm³/mol. The lowest BCUT2D eigenvalue weighted by Gasteiger charge is -2.50. The standard InChI is InChI=1S/C28H34N4O10/c1-6-42-32(17(34)7-8-33)16-11-15(30(2)3)13-9-12-10-14-21(31(4)5)24(37)20(27(29)40)26(39)28(14,41)25(38)18(12)23(36)19(13)22(16)35/h8,11-12,14,21,35-36,39,41H,6-7,9-10H2,1-5H3,(H2,29,40)/t12?,14?,21-,28?/m0/s1. The summed E-state index contributed by atoms with van der Waals surface area (Å²) in [4.78, 5) is 71.7. The largest absolute Gasteiger partial charge is 0.508 e. The van der Waals surface area contributed by atoms with Gasteiger partial charge in [0.05, 0.1) is 24.6 Å². The molecule has 1 fully saturated rings. The second-order valence-electron chi connectivity index (χ2n) is 10.9. The van der Waals surface area contributed by atoms with Crippen LogP contribution in [-0.4, -0.2) is 101 Å². The first-order valence-corrected chi connectivity index (χ1v) is 13.2. The number of primary amides is 1. The number of hydrogen-bond acceptors (Lipinski definition) is 12. The number of phenols is 1. The number of amides is 2. The van der Waals surface area contributed by atoms with E-state index in [4.69, 9.17) is 10.6 Å². The molecule has 14 nitrogen and oxygen atoms in total. The lowest BCUT2D eigenvalue weighted by molar-refractivity contribution is -0.153. The number of aliphatic hydroxyl groups excluding tert-OH is 2. The Morgan fingerprint density at radius 1 is 1.14 bits per heavy atom. The average Bonchev–Trinajstić information content (AvgIpc) is 2.89. The zero-order chi connectivity index (χ0) is 31.4. The minimum absolute atomic E-state index is 0.0138. The van der Waals surface area contributed by atoms with Crippen molar-refractivity contribution in [1.82, 2.24) is 4.90 Å². The molecule has 226 valence electrons. The quantitative estimate of drug-likeness (QED) is 0.117. The second-order valence-corrected chi connectivity index (χ2v) is 10.9. The van der Waals surface area contributed by atoms with Crippen LogP contribution in [0.4, 0.5) is 11.4 Å². The molecule has 4 rings (SSSR count). The van der Waals surface area contributed by atoms with Crippen molar-refractivity contribution in [1.29, 1.82) is 0 Å². The number of anilines is 2. The van der Waals surface area contributed by atoms with Gasteiger partial charge in [-0.15, -0.1) is 0 Å². The smallest absolute Gasteiger partial charge is 0.258 e. The van der Waals surface area contributed by atoms with Crippen molar-refractivity contribution < 1.29 is 49.2 Å². The van der Waals surface area contributed by atoms with Gasteiger partial charge in [0, 0.05) is 31.3 Å². The molecule has 3 unspecified atom stereocenters. The zero-order valence-electron chi connectivity index (χ0n) is 23.9. The van der Waals surface area contributed by atoms with Gasteiger partial charge in [0.1, 0.15) is 29.1 Å². The van der Waals surface area contributed by atoms with E-state index >= 15 is 0 Å². The molecule has 0 heterocycles.